The number of amides is 1. The van der Waals surface area contributed by atoms with Crippen LogP contribution in [0, 0.1) is 12.8 Å². The molecule has 0 unspecified atom stereocenters. The van der Waals surface area contributed by atoms with E-state index in [4.69, 9.17) is 9.26 Å². The van der Waals surface area contributed by atoms with Crippen LogP contribution in [-0.4, -0.2) is 17.9 Å². The first-order chi connectivity index (χ1) is 7.11. The van der Waals surface area contributed by atoms with Crippen LogP contribution < -0.4 is 5.32 Å². The van der Waals surface area contributed by atoms with Crippen LogP contribution in [-0.2, 0) is 4.74 Å². The minimum absolute atomic E-state index is 0. The molecule has 0 aliphatic rings. The Bertz CT molecular complexity index is 328. The van der Waals surface area contributed by atoms with Crippen LogP contribution in [0.2, 0.25) is 0 Å². The zero-order chi connectivity index (χ0) is 11.3. The van der Waals surface area contributed by atoms with Crippen molar-refractivity contribution in [3.8, 4) is 0 Å². The molecule has 0 aliphatic carbocycles. The van der Waals surface area contributed by atoms with Gasteiger partial charge < -0.3 is 9.26 Å². The van der Waals surface area contributed by atoms with E-state index in [0.717, 1.165) is 6.42 Å². The van der Waals surface area contributed by atoms with Crippen LogP contribution in [0.25, 0.3) is 0 Å². The molecule has 0 bridgehead atoms. The fourth-order valence-electron chi connectivity index (χ4n) is 0.902. The summed E-state index contributed by atoms with van der Waals surface area (Å²) in [5, 5.41) is 6.09. The molecule has 1 N–H and O–H groups in total. The topological polar surface area (TPSA) is 64.4 Å². The lowest BCUT2D eigenvalue weighted by atomic mass is 10.1. The SMILES string of the molecule is CC[C@@H](C)COC(=O)Nc1cc(C)on1.[HH]. The number of aromatic nitrogens is 1. The van der Waals surface area contributed by atoms with Crippen LogP contribution in [0.15, 0.2) is 10.6 Å². The van der Waals surface area contributed by atoms with Crippen LogP contribution >= 0.6 is 0 Å². The van der Waals surface area contributed by atoms with E-state index >= 15 is 0 Å². The standard InChI is InChI=1S/C10H16N2O3.H2/c1-4-7(2)6-14-10(13)11-9-5-8(3)15-12-9;/h5,7H,4,6H2,1-3H3,(H,11,12,13);1H/t7-;/m1./s1. The van der Waals surface area contributed by atoms with Crippen molar-refractivity contribution in [1.82, 2.24) is 5.16 Å². The van der Waals surface area contributed by atoms with E-state index in [9.17, 15) is 4.79 Å². The fraction of sp³-hybridized carbons (Fsp3) is 0.600. The van der Waals surface area contributed by atoms with Crippen molar-refractivity contribution < 1.29 is 15.5 Å². The Morgan fingerprint density at radius 2 is 2.53 bits per heavy atom. The zero-order valence-corrected chi connectivity index (χ0v) is 9.24. The zero-order valence-electron chi connectivity index (χ0n) is 9.24. The summed E-state index contributed by atoms with van der Waals surface area (Å²) in [6.45, 7) is 6.24. The highest BCUT2D eigenvalue weighted by atomic mass is 16.5. The fourth-order valence-corrected chi connectivity index (χ4v) is 0.902. The summed E-state index contributed by atoms with van der Waals surface area (Å²) >= 11 is 0. The summed E-state index contributed by atoms with van der Waals surface area (Å²) in [5.41, 5.74) is 0. The van der Waals surface area contributed by atoms with Crippen molar-refractivity contribution in [2.24, 2.45) is 5.92 Å². The van der Waals surface area contributed by atoms with Gasteiger partial charge in [0.2, 0.25) is 0 Å². The second kappa shape index (κ2) is 5.38. The summed E-state index contributed by atoms with van der Waals surface area (Å²) < 4.78 is 9.77. The van der Waals surface area contributed by atoms with Crippen molar-refractivity contribution in [2.45, 2.75) is 27.2 Å². The average molecular weight is 214 g/mol. The predicted molar refractivity (Wildman–Crippen MR) is 57.8 cm³/mol. The van der Waals surface area contributed by atoms with Crippen LogP contribution in [0.4, 0.5) is 10.6 Å². The smallest absolute Gasteiger partial charge is 0.412 e. The van der Waals surface area contributed by atoms with Gasteiger partial charge in [0.05, 0.1) is 6.61 Å². The second-order valence-electron chi connectivity index (χ2n) is 3.56. The number of ether oxygens (including phenoxy) is 1. The van der Waals surface area contributed by atoms with Crippen molar-refractivity contribution >= 4 is 11.9 Å². The van der Waals surface area contributed by atoms with Gasteiger partial charge in [0.15, 0.2) is 5.82 Å². The first kappa shape index (κ1) is 11.6. The van der Waals surface area contributed by atoms with E-state index in [2.05, 4.69) is 10.5 Å². The molecule has 1 aromatic rings. The number of carbonyl (C=O) groups is 1. The Balaban J connectivity index is 0.00000225. The maximum Gasteiger partial charge on any atom is 0.412 e. The Kier molecular flexibility index (Phi) is 4.15. The van der Waals surface area contributed by atoms with Gasteiger partial charge in [0.25, 0.3) is 0 Å². The molecule has 0 saturated heterocycles. The molecular formula is C10H18N2O3. The molecule has 1 atom stereocenters. The third-order valence-corrected chi connectivity index (χ3v) is 2.05. The summed E-state index contributed by atoms with van der Waals surface area (Å²) in [4.78, 5) is 11.2. The highest BCUT2D eigenvalue weighted by molar-refractivity contribution is 5.83. The minimum Gasteiger partial charge on any atom is -0.449 e. The summed E-state index contributed by atoms with van der Waals surface area (Å²) in [7, 11) is 0. The van der Waals surface area contributed by atoms with E-state index in [0.29, 0.717) is 24.1 Å². The molecule has 0 aromatic carbocycles. The van der Waals surface area contributed by atoms with Gasteiger partial charge in [-0.05, 0) is 12.8 Å². The Morgan fingerprint density at radius 3 is 3.07 bits per heavy atom. The van der Waals surface area contributed by atoms with Gasteiger partial charge in [0, 0.05) is 7.49 Å². The number of rotatable bonds is 4. The van der Waals surface area contributed by atoms with Gasteiger partial charge in [-0.3, -0.25) is 5.32 Å². The Morgan fingerprint density at radius 1 is 1.80 bits per heavy atom. The molecule has 1 amide bonds. The molecule has 0 radical (unpaired) electrons. The summed E-state index contributed by atoms with van der Waals surface area (Å²) in [6, 6.07) is 1.63. The third kappa shape index (κ3) is 4.01. The van der Waals surface area contributed by atoms with Gasteiger partial charge in [-0.1, -0.05) is 25.4 Å². The maximum absolute atomic E-state index is 11.2. The van der Waals surface area contributed by atoms with Gasteiger partial charge in [0.1, 0.15) is 5.76 Å². The molecule has 0 aliphatic heterocycles. The van der Waals surface area contributed by atoms with Gasteiger partial charge in [-0.2, -0.15) is 0 Å². The lowest BCUT2D eigenvalue weighted by molar-refractivity contribution is 0.143. The minimum atomic E-state index is -0.497. The summed E-state index contributed by atoms with van der Waals surface area (Å²) in [5.74, 6) is 1.39. The van der Waals surface area contributed by atoms with E-state index in [1.165, 1.54) is 0 Å². The largest absolute Gasteiger partial charge is 0.449 e. The third-order valence-electron chi connectivity index (χ3n) is 2.05. The molecule has 1 rings (SSSR count). The summed E-state index contributed by atoms with van der Waals surface area (Å²) in [6.07, 6.45) is 0.486. The van der Waals surface area contributed by atoms with E-state index in [-0.39, 0.29) is 1.43 Å². The first-order valence-electron chi connectivity index (χ1n) is 4.99. The monoisotopic (exact) mass is 214 g/mol. The molecular weight excluding hydrogens is 196 g/mol. The number of carbonyl (C=O) groups excluding carboxylic acids is 1. The number of nitrogens with one attached hydrogen (secondary N) is 1. The number of anilines is 1. The molecule has 0 fully saturated rings. The van der Waals surface area contributed by atoms with E-state index in [1.54, 1.807) is 13.0 Å². The molecule has 5 nitrogen and oxygen atoms in total. The maximum atomic E-state index is 11.2. The Hall–Kier alpha value is -1.52. The van der Waals surface area contributed by atoms with Crippen molar-refractivity contribution in [3.63, 3.8) is 0 Å². The molecule has 5 heteroatoms. The van der Waals surface area contributed by atoms with Crippen LogP contribution in [0.3, 0.4) is 0 Å². The molecule has 0 spiro atoms. The highest BCUT2D eigenvalue weighted by Crippen LogP contribution is 2.08. The lowest BCUT2D eigenvalue weighted by Gasteiger charge is -2.08. The molecule has 1 aromatic heterocycles. The van der Waals surface area contributed by atoms with Gasteiger partial charge in [-0.15, -0.1) is 0 Å². The van der Waals surface area contributed by atoms with Gasteiger partial charge in [-0.25, -0.2) is 4.79 Å². The normalized spacial score (nSPS) is 12.2. The van der Waals surface area contributed by atoms with Crippen LogP contribution in [0.1, 0.15) is 27.5 Å². The van der Waals surface area contributed by atoms with Crippen molar-refractivity contribution in [3.05, 3.63) is 11.8 Å². The number of hydrogen-bond donors (Lipinski definition) is 1. The molecule has 0 saturated carbocycles. The highest BCUT2D eigenvalue weighted by Gasteiger charge is 2.08. The van der Waals surface area contributed by atoms with Crippen molar-refractivity contribution in [1.29, 1.82) is 0 Å². The second-order valence-corrected chi connectivity index (χ2v) is 3.56. The first-order valence-corrected chi connectivity index (χ1v) is 4.99. The Labute approximate surface area is 90.3 Å². The van der Waals surface area contributed by atoms with Gasteiger partial charge >= 0.3 is 6.09 Å². The van der Waals surface area contributed by atoms with Crippen molar-refractivity contribution in [2.75, 3.05) is 11.9 Å². The van der Waals surface area contributed by atoms with Crippen LogP contribution in [0.5, 0.6) is 0 Å². The number of nitrogens with zero attached hydrogens (tertiary/aromatic N) is 1. The van der Waals surface area contributed by atoms with E-state index in [1.807, 2.05) is 13.8 Å². The molecule has 1 heterocycles. The molecule has 86 valence electrons. The number of hydrogen-bond acceptors (Lipinski definition) is 4. The van der Waals surface area contributed by atoms with E-state index < -0.39 is 6.09 Å². The molecule has 15 heavy (non-hydrogen) atoms. The predicted octanol–water partition coefficient (Wildman–Crippen LogP) is 2.82. The lowest BCUT2D eigenvalue weighted by Crippen LogP contribution is -2.17. The quantitative estimate of drug-likeness (QED) is 0.837. The average Bonchev–Trinajstić information content (AvgIpc) is 2.60. The number of aryl methyl sites for hydroxylation is 1.